The van der Waals surface area contributed by atoms with Gasteiger partial charge in [-0.25, -0.2) is 9.97 Å². The van der Waals surface area contributed by atoms with E-state index in [1.165, 1.54) is 6.20 Å². The lowest BCUT2D eigenvalue weighted by molar-refractivity contribution is -0.139. The molecule has 0 spiro atoms. The molecule has 2 aromatic heterocycles. The Morgan fingerprint density at radius 2 is 1.74 bits per heavy atom. The Bertz CT molecular complexity index is 946. The Labute approximate surface area is 153 Å². The molecule has 0 bridgehead atoms. The number of halogens is 3. The molecule has 1 aromatic carbocycles. The van der Waals surface area contributed by atoms with Gasteiger partial charge in [0.2, 0.25) is 0 Å². The number of benzene rings is 1. The van der Waals surface area contributed by atoms with Crippen LogP contribution in [0.4, 0.5) is 24.7 Å². The van der Waals surface area contributed by atoms with Crippen molar-refractivity contribution in [3.8, 4) is 11.4 Å². The van der Waals surface area contributed by atoms with Gasteiger partial charge in [-0.3, -0.25) is 0 Å². The quantitative estimate of drug-likeness (QED) is 0.711. The van der Waals surface area contributed by atoms with Gasteiger partial charge in [-0.1, -0.05) is 0 Å². The first-order chi connectivity index (χ1) is 12.9. The van der Waals surface area contributed by atoms with Crippen molar-refractivity contribution in [1.82, 2.24) is 14.5 Å². The zero-order valence-electron chi connectivity index (χ0n) is 14.4. The van der Waals surface area contributed by atoms with Crippen LogP contribution in [0.3, 0.4) is 0 Å². The molecule has 2 N–H and O–H groups in total. The van der Waals surface area contributed by atoms with E-state index in [-0.39, 0.29) is 5.65 Å². The summed E-state index contributed by atoms with van der Waals surface area (Å²) < 4.78 is 45.4. The number of nitrogens with zero attached hydrogens (tertiary/aromatic N) is 4. The van der Waals surface area contributed by atoms with Gasteiger partial charge in [-0.05, 0) is 30.3 Å². The average Bonchev–Trinajstić information content (AvgIpc) is 3.03. The van der Waals surface area contributed by atoms with E-state index in [4.69, 9.17) is 10.5 Å². The molecule has 27 heavy (non-hydrogen) atoms. The Morgan fingerprint density at radius 3 is 2.41 bits per heavy atom. The highest BCUT2D eigenvalue weighted by Gasteiger charge is 2.29. The first-order valence-corrected chi connectivity index (χ1v) is 8.53. The maximum Gasteiger partial charge on any atom is 0.406 e. The van der Waals surface area contributed by atoms with Crippen molar-refractivity contribution in [2.24, 2.45) is 0 Å². The van der Waals surface area contributed by atoms with Crippen LogP contribution in [-0.2, 0) is 11.3 Å². The summed E-state index contributed by atoms with van der Waals surface area (Å²) in [5, 5.41) is 0.598. The molecular formula is C18H18F3N5O. The number of hydrogen-bond acceptors (Lipinski definition) is 5. The highest BCUT2D eigenvalue weighted by Crippen LogP contribution is 2.30. The van der Waals surface area contributed by atoms with Crippen LogP contribution in [0.15, 0.2) is 36.5 Å². The summed E-state index contributed by atoms with van der Waals surface area (Å²) in [6.07, 6.45) is -2.93. The summed E-state index contributed by atoms with van der Waals surface area (Å²) in [4.78, 5) is 11.1. The van der Waals surface area contributed by atoms with Gasteiger partial charge in [-0.15, -0.1) is 0 Å². The summed E-state index contributed by atoms with van der Waals surface area (Å²) in [7, 11) is 0. The normalized spacial score (nSPS) is 15.4. The lowest BCUT2D eigenvalue weighted by Crippen LogP contribution is -2.37. The number of aromatic nitrogens is 3. The molecule has 0 unspecified atom stereocenters. The van der Waals surface area contributed by atoms with Crippen LogP contribution >= 0.6 is 0 Å². The van der Waals surface area contributed by atoms with Gasteiger partial charge in [0.15, 0.2) is 5.82 Å². The molecule has 0 atom stereocenters. The smallest absolute Gasteiger partial charge is 0.399 e. The predicted octanol–water partition coefficient (Wildman–Crippen LogP) is 3.08. The second-order valence-corrected chi connectivity index (χ2v) is 6.39. The van der Waals surface area contributed by atoms with Gasteiger partial charge in [0, 0.05) is 30.5 Å². The molecule has 0 aliphatic carbocycles. The van der Waals surface area contributed by atoms with E-state index in [0.717, 1.165) is 4.57 Å². The molecule has 1 fully saturated rings. The maximum absolute atomic E-state index is 13.0. The van der Waals surface area contributed by atoms with Gasteiger partial charge in [0.05, 0.1) is 18.6 Å². The van der Waals surface area contributed by atoms with Crippen molar-refractivity contribution in [1.29, 1.82) is 0 Å². The van der Waals surface area contributed by atoms with Gasteiger partial charge in [0.1, 0.15) is 18.0 Å². The molecule has 142 valence electrons. The predicted molar refractivity (Wildman–Crippen MR) is 96.5 cm³/mol. The molecule has 0 radical (unpaired) electrons. The zero-order chi connectivity index (χ0) is 19.0. The van der Waals surface area contributed by atoms with Crippen molar-refractivity contribution in [2.45, 2.75) is 12.7 Å². The van der Waals surface area contributed by atoms with Crippen molar-refractivity contribution in [2.75, 3.05) is 36.9 Å². The van der Waals surface area contributed by atoms with Crippen molar-refractivity contribution < 1.29 is 17.9 Å². The molecule has 1 aliphatic rings. The van der Waals surface area contributed by atoms with E-state index in [9.17, 15) is 13.2 Å². The number of ether oxygens (including phenoxy) is 1. The summed E-state index contributed by atoms with van der Waals surface area (Å²) >= 11 is 0. The van der Waals surface area contributed by atoms with Crippen LogP contribution in [-0.4, -0.2) is 47.0 Å². The largest absolute Gasteiger partial charge is 0.406 e. The standard InChI is InChI=1S/C18H18F3N5O/c19-18(20,21)11-26-6-5-14-16(25-7-9-27-10-8-25)23-15(24-17(14)26)12-1-3-13(22)4-2-12/h1-6H,7-11,22H2. The van der Waals surface area contributed by atoms with E-state index >= 15 is 0 Å². The van der Waals surface area contributed by atoms with Gasteiger partial charge in [-0.2, -0.15) is 13.2 Å². The molecule has 0 amide bonds. The third kappa shape index (κ3) is 3.68. The summed E-state index contributed by atoms with van der Waals surface area (Å²) in [6, 6.07) is 8.59. The molecule has 3 aromatic rings. The molecule has 3 heterocycles. The Hall–Kier alpha value is -2.81. The van der Waals surface area contributed by atoms with E-state index in [0.29, 0.717) is 54.6 Å². The number of fused-ring (bicyclic) bond motifs is 1. The highest BCUT2D eigenvalue weighted by molar-refractivity contribution is 5.90. The first-order valence-electron chi connectivity index (χ1n) is 8.53. The lowest BCUT2D eigenvalue weighted by Gasteiger charge is -2.28. The van der Waals surface area contributed by atoms with Crippen LogP contribution in [0.25, 0.3) is 22.4 Å². The second kappa shape index (κ2) is 6.73. The third-order valence-corrected chi connectivity index (χ3v) is 4.43. The maximum atomic E-state index is 13.0. The monoisotopic (exact) mass is 377 g/mol. The van der Waals surface area contributed by atoms with Crippen LogP contribution in [0.1, 0.15) is 0 Å². The van der Waals surface area contributed by atoms with Gasteiger partial charge < -0.3 is 19.9 Å². The van der Waals surface area contributed by atoms with Crippen LogP contribution in [0.2, 0.25) is 0 Å². The molecule has 1 saturated heterocycles. The highest BCUT2D eigenvalue weighted by atomic mass is 19.4. The molecule has 6 nitrogen and oxygen atoms in total. The zero-order valence-corrected chi connectivity index (χ0v) is 14.4. The van der Waals surface area contributed by atoms with Crippen molar-refractivity contribution in [3.05, 3.63) is 36.5 Å². The van der Waals surface area contributed by atoms with E-state index in [1.807, 2.05) is 4.90 Å². The fourth-order valence-electron chi connectivity index (χ4n) is 3.15. The van der Waals surface area contributed by atoms with Gasteiger partial charge >= 0.3 is 6.18 Å². The fraction of sp³-hybridized carbons (Fsp3) is 0.333. The number of nitrogen functional groups attached to an aromatic ring is 1. The minimum Gasteiger partial charge on any atom is -0.399 e. The average molecular weight is 377 g/mol. The SMILES string of the molecule is Nc1ccc(-c2nc(N3CCOCC3)c3ccn(CC(F)(F)F)c3n2)cc1. The van der Waals surface area contributed by atoms with Gasteiger partial charge in [0.25, 0.3) is 0 Å². The molecule has 4 rings (SSSR count). The number of morpholine rings is 1. The number of hydrogen-bond donors (Lipinski definition) is 1. The van der Waals surface area contributed by atoms with Crippen LogP contribution < -0.4 is 10.6 Å². The Morgan fingerprint density at radius 1 is 1.04 bits per heavy atom. The van der Waals surface area contributed by atoms with E-state index < -0.39 is 12.7 Å². The van der Waals surface area contributed by atoms with E-state index in [2.05, 4.69) is 9.97 Å². The van der Waals surface area contributed by atoms with Crippen molar-refractivity contribution >= 4 is 22.5 Å². The minimum atomic E-state index is -4.34. The lowest BCUT2D eigenvalue weighted by atomic mass is 10.2. The first kappa shape index (κ1) is 17.6. The van der Waals surface area contributed by atoms with Crippen LogP contribution in [0, 0.1) is 0 Å². The van der Waals surface area contributed by atoms with Crippen molar-refractivity contribution in [3.63, 3.8) is 0 Å². The van der Waals surface area contributed by atoms with E-state index in [1.54, 1.807) is 30.3 Å². The summed E-state index contributed by atoms with van der Waals surface area (Å²) in [5.41, 5.74) is 7.27. The van der Waals surface area contributed by atoms with Crippen LogP contribution in [0.5, 0.6) is 0 Å². The number of alkyl halides is 3. The fourth-order valence-corrected chi connectivity index (χ4v) is 3.15. The topological polar surface area (TPSA) is 69.2 Å². The molecule has 0 saturated carbocycles. The molecule has 9 heteroatoms. The second-order valence-electron chi connectivity index (χ2n) is 6.39. The number of anilines is 2. The summed E-state index contributed by atoms with van der Waals surface area (Å²) in [5.74, 6) is 0.988. The number of rotatable bonds is 3. The summed E-state index contributed by atoms with van der Waals surface area (Å²) in [6.45, 7) is 1.24. The molecular weight excluding hydrogens is 359 g/mol. The Kier molecular flexibility index (Phi) is 4.39. The third-order valence-electron chi connectivity index (χ3n) is 4.43. The molecule has 1 aliphatic heterocycles. The number of nitrogens with two attached hydrogens (primary N) is 1. The minimum absolute atomic E-state index is 0.260. The Balaban J connectivity index is 1.87.